The number of amides is 1. The van der Waals surface area contributed by atoms with Crippen LogP contribution in [-0.2, 0) is 10.2 Å². The number of anilines is 1. The summed E-state index contributed by atoms with van der Waals surface area (Å²) in [6, 6.07) is 5.05. The molecule has 2 heterocycles. The van der Waals surface area contributed by atoms with Crippen LogP contribution in [0.2, 0.25) is 0 Å². The molecule has 1 N–H and O–H groups in total. The maximum atomic E-state index is 14.2. The Bertz CT molecular complexity index is 495. The Hall–Kier alpha value is -1.42. The van der Waals surface area contributed by atoms with E-state index in [0.29, 0.717) is 6.54 Å². The summed E-state index contributed by atoms with van der Waals surface area (Å²) in [5.41, 5.74) is 1.34. The number of benzene rings is 1. The molecule has 1 saturated heterocycles. The van der Waals surface area contributed by atoms with Crippen molar-refractivity contribution in [2.24, 2.45) is 0 Å². The van der Waals surface area contributed by atoms with Crippen molar-refractivity contribution in [3.63, 3.8) is 0 Å². The van der Waals surface area contributed by atoms with E-state index < -0.39 is 0 Å². The van der Waals surface area contributed by atoms with Crippen molar-refractivity contribution in [2.75, 3.05) is 24.5 Å². The second-order valence-electron chi connectivity index (χ2n) is 5.27. The van der Waals surface area contributed by atoms with Crippen LogP contribution in [0.25, 0.3) is 0 Å². The van der Waals surface area contributed by atoms with Crippen LogP contribution in [0.1, 0.15) is 25.3 Å². The molecular formula is C14H17FN2O. The first-order valence-electron chi connectivity index (χ1n) is 6.42. The maximum Gasteiger partial charge on any atom is 0.223 e. The summed E-state index contributed by atoms with van der Waals surface area (Å²) >= 11 is 0. The fourth-order valence-electron chi connectivity index (χ4n) is 3.32. The summed E-state index contributed by atoms with van der Waals surface area (Å²) in [4.78, 5) is 13.5. The Morgan fingerprint density at radius 1 is 1.39 bits per heavy atom. The zero-order valence-electron chi connectivity index (χ0n) is 10.5. The van der Waals surface area contributed by atoms with Crippen LogP contribution in [0.5, 0.6) is 0 Å². The van der Waals surface area contributed by atoms with Gasteiger partial charge in [0.15, 0.2) is 0 Å². The molecule has 2 aliphatic heterocycles. The summed E-state index contributed by atoms with van der Waals surface area (Å²) in [5.74, 6) is -0.171. The van der Waals surface area contributed by atoms with Gasteiger partial charge in [-0.05, 0) is 38.1 Å². The Morgan fingerprint density at radius 2 is 2.11 bits per heavy atom. The van der Waals surface area contributed by atoms with Crippen LogP contribution in [0.3, 0.4) is 0 Å². The van der Waals surface area contributed by atoms with Gasteiger partial charge < -0.3 is 10.2 Å². The normalized spacial score (nSPS) is 21.1. The molecule has 1 fully saturated rings. The zero-order valence-corrected chi connectivity index (χ0v) is 10.5. The van der Waals surface area contributed by atoms with Gasteiger partial charge in [0, 0.05) is 24.4 Å². The molecule has 0 saturated carbocycles. The molecule has 0 aliphatic carbocycles. The van der Waals surface area contributed by atoms with Gasteiger partial charge in [0.05, 0.1) is 5.69 Å². The number of hydrogen-bond donors (Lipinski definition) is 1. The third-order valence-electron chi connectivity index (χ3n) is 4.21. The molecule has 1 aromatic rings. The average molecular weight is 248 g/mol. The highest BCUT2D eigenvalue weighted by atomic mass is 19.1. The topological polar surface area (TPSA) is 32.3 Å². The molecule has 0 aromatic heterocycles. The molecule has 96 valence electrons. The van der Waals surface area contributed by atoms with Gasteiger partial charge in [-0.15, -0.1) is 0 Å². The second kappa shape index (κ2) is 4.05. The summed E-state index contributed by atoms with van der Waals surface area (Å²) in [6.07, 6.45) is 1.79. The summed E-state index contributed by atoms with van der Waals surface area (Å²) in [7, 11) is 0. The van der Waals surface area contributed by atoms with Crippen molar-refractivity contribution < 1.29 is 9.18 Å². The van der Waals surface area contributed by atoms with E-state index in [4.69, 9.17) is 0 Å². The van der Waals surface area contributed by atoms with E-state index in [9.17, 15) is 9.18 Å². The standard InChI is InChI=1S/C14H17FN2O/c1-10(18)17-9-14(5-7-16-8-6-14)13-11(15)3-2-4-12(13)17/h2-4,16H,5-9H2,1H3. The lowest BCUT2D eigenvalue weighted by atomic mass is 9.74. The van der Waals surface area contributed by atoms with Gasteiger partial charge in [-0.3, -0.25) is 4.79 Å². The molecule has 1 aromatic carbocycles. The summed E-state index contributed by atoms with van der Waals surface area (Å²) < 4.78 is 14.2. The highest BCUT2D eigenvalue weighted by Crippen LogP contribution is 2.47. The van der Waals surface area contributed by atoms with Crippen LogP contribution in [0.15, 0.2) is 18.2 Å². The lowest BCUT2D eigenvalue weighted by Gasteiger charge is -2.34. The average Bonchev–Trinajstić information content (AvgIpc) is 2.67. The molecule has 2 aliphatic rings. The van der Waals surface area contributed by atoms with Crippen molar-refractivity contribution in [1.82, 2.24) is 5.32 Å². The number of fused-ring (bicyclic) bond motifs is 2. The van der Waals surface area contributed by atoms with Crippen molar-refractivity contribution in [3.05, 3.63) is 29.6 Å². The quantitative estimate of drug-likeness (QED) is 0.759. The lowest BCUT2D eigenvalue weighted by molar-refractivity contribution is -0.116. The summed E-state index contributed by atoms with van der Waals surface area (Å²) in [5, 5.41) is 3.30. The van der Waals surface area contributed by atoms with Crippen LogP contribution < -0.4 is 10.2 Å². The molecule has 0 unspecified atom stereocenters. The van der Waals surface area contributed by atoms with Crippen molar-refractivity contribution in [1.29, 1.82) is 0 Å². The highest BCUT2D eigenvalue weighted by Gasteiger charge is 2.46. The third-order valence-corrected chi connectivity index (χ3v) is 4.21. The minimum absolute atomic E-state index is 0.00254. The van der Waals surface area contributed by atoms with E-state index in [0.717, 1.165) is 37.2 Å². The minimum Gasteiger partial charge on any atom is -0.317 e. The van der Waals surface area contributed by atoms with E-state index in [1.165, 1.54) is 6.07 Å². The molecule has 18 heavy (non-hydrogen) atoms. The van der Waals surface area contributed by atoms with Crippen LogP contribution in [-0.4, -0.2) is 25.5 Å². The second-order valence-corrected chi connectivity index (χ2v) is 5.27. The third kappa shape index (κ3) is 1.56. The number of hydrogen-bond acceptors (Lipinski definition) is 2. The first-order chi connectivity index (χ1) is 8.64. The van der Waals surface area contributed by atoms with Gasteiger partial charge in [0.1, 0.15) is 5.82 Å². The number of halogens is 1. The van der Waals surface area contributed by atoms with Crippen molar-refractivity contribution >= 4 is 11.6 Å². The van der Waals surface area contributed by atoms with E-state index in [-0.39, 0.29) is 17.1 Å². The highest BCUT2D eigenvalue weighted by molar-refractivity contribution is 5.94. The van der Waals surface area contributed by atoms with E-state index >= 15 is 0 Å². The fourth-order valence-corrected chi connectivity index (χ4v) is 3.32. The van der Waals surface area contributed by atoms with Crippen LogP contribution >= 0.6 is 0 Å². The molecule has 4 heteroatoms. The van der Waals surface area contributed by atoms with E-state index in [1.54, 1.807) is 17.9 Å². The Labute approximate surface area is 106 Å². The number of rotatable bonds is 0. The molecule has 3 rings (SSSR count). The largest absolute Gasteiger partial charge is 0.317 e. The van der Waals surface area contributed by atoms with Gasteiger partial charge in [0.25, 0.3) is 0 Å². The summed E-state index contributed by atoms with van der Waals surface area (Å²) in [6.45, 7) is 3.95. The van der Waals surface area contributed by atoms with Gasteiger partial charge in [-0.2, -0.15) is 0 Å². The smallest absolute Gasteiger partial charge is 0.223 e. The molecule has 3 nitrogen and oxygen atoms in total. The predicted octanol–water partition coefficient (Wildman–Crippen LogP) is 1.81. The predicted molar refractivity (Wildman–Crippen MR) is 68.2 cm³/mol. The number of piperidine rings is 1. The maximum absolute atomic E-state index is 14.2. The number of carbonyl (C=O) groups is 1. The van der Waals surface area contributed by atoms with Crippen LogP contribution in [0, 0.1) is 5.82 Å². The fraction of sp³-hybridized carbons (Fsp3) is 0.500. The molecular weight excluding hydrogens is 231 g/mol. The van der Waals surface area contributed by atoms with Gasteiger partial charge in [0.2, 0.25) is 5.91 Å². The van der Waals surface area contributed by atoms with Crippen LogP contribution in [0.4, 0.5) is 10.1 Å². The zero-order chi connectivity index (χ0) is 12.8. The van der Waals surface area contributed by atoms with E-state index in [1.807, 2.05) is 6.07 Å². The first-order valence-corrected chi connectivity index (χ1v) is 6.42. The minimum atomic E-state index is -0.183. The number of nitrogens with zero attached hydrogens (tertiary/aromatic N) is 1. The van der Waals surface area contributed by atoms with Gasteiger partial charge >= 0.3 is 0 Å². The van der Waals surface area contributed by atoms with Crippen molar-refractivity contribution in [2.45, 2.75) is 25.2 Å². The Balaban J connectivity index is 2.14. The Kier molecular flexibility index (Phi) is 2.63. The molecule has 0 atom stereocenters. The lowest BCUT2D eigenvalue weighted by Crippen LogP contribution is -2.44. The molecule has 0 radical (unpaired) electrons. The van der Waals surface area contributed by atoms with Gasteiger partial charge in [-0.25, -0.2) is 4.39 Å². The van der Waals surface area contributed by atoms with E-state index in [2.05, 4.69) is 5.32 Å². The molecule has 0 bridgehead atoms. The molecule has 1 spiro atoms. The van der Waals surface area contributed by atoms with Crippen molar-refractivity contribution in [3.8, 4) is 0 Å². The SMILES string of the molecule is CC(=O)N1CC2(CCNCC2)c2c(F)cccc21. The monoisotopic (exact) mass is 248 g/mol. The van der Waals surface area contributed by atoms with Gasteiger partial charge in [-0.1, -0.05) is 6.07 Å². The number of carbonyl (C=O) groups excluding carboxylic acids is 1. The first kappa shape index (κ1) is 11.7. The molecule has 1 amide bonds. The Morgan fingerprint density at radius 3 is 2.78 bits per heavy atom. The number of nitrogens with one attached hydrogen (secondary N) is 1.